The van der Waals surface area contributed by atoms with Crippen molar-refractivity contribution in [2.24, 2.45) is 0 Å². The molecular formula is C4H5F3O3S. The van der Waals surface area contributed by atoms with Crippen molar-refractivity contribution >= 4 is 9.84 Å². The Kier molecular flexibility index (Phi) is 1.87. The highest BCUT2D eigenvalue weighted by Gasteiger charge is 2.53. The van der Waals surface area contributed by atoms with Gasteiger partial charge in [0.25, 0.3) is 9.84 Å². The summed E-state index contributed by atoms with van der Waals surface area (Å²) in [5.74, 6) is 0. The van der Waals surface area contributed by atoms with E-state index in [4.69, 9.17) is 0 Å². The van der Waals surface area contributed by atoms with Crippen molar-refractivity contribution < 1.29 is 26.3 Å². The lowest BCUT2D eigenvalue weighted by atomic mass is 10.4. The van der Waals surface area contributed by atoms with Gasteiger partial charge in [-0.15, -0.1) is 0 Å². The van der Waals surface area contributed by atoms with E-state index in [0.29, 0.717) is 0 Å². The first-order chi connectivity index (χ1) is 4.86. The topological polar surface area (TPSA) is 43.4 Å². The molecule has 0 bridgehead atoms. The molecule has 1 saturated heterocycles. The van der Waals surface area contributed by atoms with Crippen LogP contribution in [-0.2, 0) is 14.6 Å². The Morgan fingerprint density at radius 3 is 1.91 bits per heavy atom. The monoisotopic (exact) mass is 190 g/mol. The Hall–Kier alpha value is -0.300. The van der Waals surface area contributed by atoms with E-state index >= 15 is 0 Å². The summed E-state index contributed by atoms with van der Waals surface area (Å²) >= 11 is 0. The molecule has 0 N–H and O–H groups in total. The first-order valence-electron chi connectivity index (χ1n) is 2.77. The minimum atomic E-state index is -5.18. The maximum atomic E-state index is 11.6. The molecule has 0 spiro atoms. The van der Waals surface area contributed by atoms with Crippen LogP contribution < -0.4 is 0 Å². The molecule has 1 heterocycles. The van der Waals surface area contributed by atoms with E-state index < -0.39 is 20.8 Å². The summed E-state index contributed by atoms with van der Waals surface area (Å²) in [6, 6.07) is 0. The largest absolute Gasteiger partial charge is 0.499 e. The van der Waals surface area contributed by atoms with Crippen molar-refractivity contribution in [1.82, 2.24) is 0 Å². The zero-order valence-electron chi connectivity index (χ0n) is 5.26. The number of sulfone groups is 1. The Bertz CT molecular complexity index is 238. The molecule has 1 rings (SSSR count). The minimum absolute atomic E-state index is 0.0676. The molecule has 11 heavy (non-hydrogen) atoms. The van der Waals surface area contributed by atoms with Gasteiger partial charge in [0, 0.05) is 6.42 Å². The lowest BCUT2D eigenvalue weighted by molar-refractivity contribution is -0.0619. The first-order valence-corrected chi connectivity index (χ1v) is 4.32. The maximum Gasteiger partial charge on any atom is 0.499 e. The number of ether oxygens (including phenoxy) is 1. The summed E-state index contributed by atoms with van der Waals surface area (Å²) in [5, 5.41) is 0. The van der Waals surface area contributed by atoms with Crippen LogP contribution in [0.5, 0.6) is 0 Å². The summed E-state index contributed by atoms with van der Waals surface area (Å²) < 4.78 is 59.9. The van der Waals surface area contributed by atoms with Gasteiger partial charge in [0.15, 0.2) is 5.44 Å². The molecule has 7 heteroatoms. The highest BCUT2D eigenvalue weighted by atomic mass is 32.2. The van der Waals surface area contributed by atoms with Crippen LogP contribution in [-0.4, -0.2) is 26.0 Å². The summed E-state index contributed by atoms with van der Waals surface area (Å²) in [6.07, 6.45) is -0.0676. The van der Waals surface area contributed by atoms with Gasteiger partial charge in [-0.25, -0.2) is 8.42 Å². The quantitative estimate of drug-likeness (QED) is 0.610. The average molecular weight is 190 g/mol. The van der Waals surface area contributed by atoms with Crippen molar-refractivity contribution in [3.8, 4) is 0 Å². The molecule has 0 aromatic heterocycles. The fraction of sp³-hybridized carbons (Fsp3) is 1.00. The van der Waals surface area contributed by atoms with E-state index in [1.54, 1.807) is 0 Å². The van der Waals surface area contributed by atoms with Crippen LogP contribution in [0.15, 0.2) is 0 Å². The van der Waals surface area contributed by atoms with Gasteiger partial charge in [-0.3, -0.25) is 0 Å². The number of hydrogen-bond donors (Lipinski definition) is 0. The summed E-state index contributed by atoms with van der Waals surface area (Å²) in [5.41, 5.74) is -6.85. The zero-order valence-corrected chi connectivity index (χ0v) is 6.07. The van der Waals surface area contributed by atoms with Crippen molar-refractivity contribution in [3.63, 3.8) is 0 Å². The van der Waals surface area contributed by atoms with E-state index in [2.05, 4.69) is 4.74 Å². The molecule has 1 aliphatic heterocycles. The van der Waals surface area contributed by atoms with Crippen LogP contribution in [0, 0.1) is 0 Å². The van der Waals surface area contributed by atoms with Gasteiger partial charge in [-0.2, -0.15) is 13.2 Å². The molecule has 1 unspecified atom stereocenters. The highest BCUT2D eigenvalue weighted by Crippen LogP contribution is 2.32. The zero-order chi connectivity index (χ0) is 8.70. The van der Waals surface area contributed by atoms with Gasteiger partial charge >= 0.3 is 5.51 Å². The second-order valence-corrected chi connectivity index (χ2v) is 4.16. The van der Waals surface area contributed by atoms with Crippen LogP contribution in [0.1, 0.15) is 6.42 Å². The van der Waals surface area contributed by atoms with Crippen LogP contribution in [0.4, 0.5) is 13.2 Å². The predicted octanol–water partition coefficient (Wildman–Crippen LogP) is 0.667. The highest BCUT2D eigenvalue weighted by molar-refractivity contribution is 7.92. The summed E-state index contributed by atoms with van der Waals surface area (Å²) in [7, 11) is -5.06. The maximum absolute atomic E-state index is 11.6. The standard InChI is InChI=1S/C4H5F3O3S/c5-4(6,7)11(8,9)3-1-2-10-3/h3H,1-2H2. The third kappa shape index (κ3) is 1.34. The predicted molar refractivity (Wildman–Crippen MR) is 29.3 cm³/mol. The Morgan fingerprint density at radius 1 is 1.36 bits per heavy atom. The van der Waals surface area contributed by atoms with Crippen LogP contribution in [0.3, 0.4) is 0 Å². The molecule has 66 valence electrons. The van der Waals surface area contributed by atoms with Crippen molar-refractivity contribution in [1.29, 1.82) is 0 Å². The average Bonchev–Trinajstić information content (AvgIpc) is 1.53. The van der Waals surface area contributed by atoms with Crippen molar-refractivity contribution in [2.75, 3.05) is 6.61 Å². The van der Waals surface area contributed by atoms with E-state index in [9.17, 15) is 21.6 Å². The number of rotatable bonds is 1. The lowest BCUT2D eigenvalue weighted by Gasteiger charge is -2.26. The van der Waals surface area contributed by atoms with Gasteiger partial charge in [-0.1, -0.05) is 0 Å². The van der Waals surface area contributed by atoms with E-state index in [1.807, 2.05) is 0 Å². The Balaban J connectivity index is 2.82. The molecule has 0 aliphatic carbocycles. The second-order valence-electron chi connectivity index (χ2n) is 2.08. The fourth-order valence-electron chi connectivity index (χ4n) is 0.608. The van der Waals surface area contributed by atoms with E-state index in [0.717, 1.165) is 0 Å². The summed E-state index contributed by atoms with van der Waals surface area (Å²) in [6.45, 7) is 0.0833. The van der Waals surface area contributed by atoms with Crippen LogP contribution in [0.25, 0.3) is 0 Å². The molecule has 1 atom stereocenters. The first kappa shape index (κ1) is 8.79. The van der Waals surface area contributed by atoms with Gasteiger partial charge in [-0.05, 0) is 0 Å². The van der Waals surface area contributed by atoms with Crippen LogP contribution >= 0.6 is 0 Å². The van der Waals surface area contributed by atoms with Gasteiger partial charge < -0.3 is 4.74 Å². The number of hydrogen-bond acceptors (Lipinski definition) is 3. The molecule has 0 radical (unpaired) electrons. The third-order valence-corrected chi connectivity index (χ3v) is 3.04. The lowest BCUT2D eigenvalue weighted by Crippen LogP contribution is -2.42. The van der Waals surface area contributed by atoms with Gasteiger partial charge in [0.2, 0.25) is 0 Å². The Morgan fingerprint density at radius 2 is 1.82 bits per heavy atom. The summed E-state index contributed by atoms with van der Waals surface area (Å²) in [4.78, 5) is 0. The van der Waals surface area contributed by atoms with Gasteiger partial charge in [0.05, 0.1) is 6.61 Å². The SMILES string of the molecule is O=S(=O)(C1CCO1)C(F)(F)F. The van der Waals surface area contributed by atoms with Crippen LogP contribution in [0.2, 0.25) is 0 Å². The van der Waals surface area contributed by atoms with Gasteiger partial charge in [0.1, 0.15) is 0 Å². The number of alkyl halides is 3. The smallest absolute Gasteiger partial charge is 0.362 e. The van der Waals surface area contributed by atoms with Crippen molar-refractivity contribution in [2.45, 2.75) is 17.4 Å². The van der Waals surface area contributed by atoms with E-state index in [-0.39, 0.29) is 13.0 Å². The molecular weight excluding hydrogens is 185 g/mol. The third-order valence-electron chi connectivity index (χ3n) is 1.33. The molecule has 0 aromatic carbocycles. The van der Waals surface area contributed by atoms with E-state index in [1.165, 1.54) is 0 Å². The molecule has 1 fully saturated rings. The fourth-order valence-corrected chi connectivity index (χ4v) is 1.59. The second kappa shape index (κ2) is 2.34. The number of halogens is 3. The minimum Gasteiger partial charge on any atom is -0.362 e. The molecule has 0 amide bonds. The Labute approximate surface area is 61.1 Å². The molecule has 3 nitrogen and oxygen atoms in total. The molecule has 1 aliphatic rings. The molecule has 0 saturated carbocycles. The molecule has 0 aromatic rings. The van der Waals surface area contributed by atoms with Crippen molar-refractivity contribution in [3.05, 3.63) is 0 Å². The normalized spacial score (nSPS) is 26.3.